The first-order valence-electron chi connectivity index (χ1n) is 6.70. The van der Waals surface area contributed by atoms with Gasteiger partial charge in [0.1, 0.15) is 5.75 Å². The summed E-state index contributed by atoms with van der Waals surface area (Å²) < 4.78 is 5.61. The Morgan fingerprint density at radius 1 is 1.44 bits per heavy atom. The summed E-state index contributed by atoms with van der Waals surface area (Å²) in [7, 11) is 0. The van der Waals surface area contributed by atoms with Crippen molar-refractivity contribution >= 4 is 5.91 Å². The Morgan fingerprint density at radius 3 is 2.94 bits per heavy atom. The van der Waals surface area contributed by atoms with Gasteiger partial charge in [0, 0.05) is 12.6 Å². The molecule has 0 aromatic heterocycles. The van der Waals surface area contributed by atoms with Crippen molar-refractivity contribution in [3.8, 4) is 5.75 Å². The van der Waals surface area contributed by atoms with E-state index in [1.54, 1.807) is 0 Å². The van der Waals surface area contributed by atoms with Gasteiger partial charge in [-0.3, -0.25) is 4.79 Å². The molecule has 0 spiro atoms. The monoisotopic (exact) mass is 247 g/mol. The second-order valence-electron chi connectivity index (χ2n) is 4.85. The smallest absolute Gasteiger partial charge is 0.260 e. The van der Waals surface area contributed by atoms with E-state index in [9.17, 15) is 4.79 Å². The summed E-state index contributed by atoms with van der Waals surface area (Å²) in [5.41, 5.74) is 1.07. The van der Waals surface area contributed by atoms with Crippen LogP contribution >= 0.6 is 0 Å². The van der Waals surface area contributed by atoms with Crippen molar-refractivity contribution in [3.05, 3.63) is 29.8 Å². The molecule has 1 heterocycles. The minimum absolute atomic E-state index is 0.114. The van der Waals surface area contributed by atoms with Gasteiger partial charge in [0.2, 0.25) is 0 Å². The van der Waals surface area contributed by atoms with E-state index in [1.165, 1.54) is 0 Å². The highest BCUT2D eigenvalue weighted by atomic mass is 16.5. The Labute approximate surface area is 109 Å². The number of benzene rings is 1. The highest BCUT2D eigenvalue weighted by Crippen LogP contribution is 2.21. The molecule has 18 heavy (non-hydrogen) atoms. The lowest BCUT2D eigenvalue weighted by Gasteiger charge is -2.23. The number of likely N-dealkylation sites (tertiary alicyclic amines) is 1. The maximum atomic E-state index is 12.1. The van der Waals surface area contributed by atoms with Gasteiger partial charge in [0.25, 0.3) is 5.91 Å². The van der Waals surface area contributed by atoms with E-state index in [1.807, 2.05) is 36.1 Å². The van der Waals surface area contributed by atoms with Crippen LogP contribution in [0.25, 0.3) is 0 Å². The topological polar surface area (TPSA) is 29.5 Å². The van der Waals surface area contributed by atoms with Gasteiger partial charge in [-0.15, -0.1) is 0 Å². The average molecular weight is 247 g/mol. The summed E-state index contributed by atoms with van der Waals surface area (Å²) in [6.45, 7) is 5.17. The fraction of sp³-hybridized carbons (Fsp3) is 0.533. The third-order valence-electron chi connectivity index (χ3n) is 3.61. The van der Waals surface area contributed by atoms with Gasteiger partial charge in [-0.05, 0) is 37.8 Å². The lowest BCUT2D eigenvalue weighted by Crippen LogP contribution is -2.38. The van der Waals surface area contributed by atoms with Gasteiger partial charge in [0.05, 0.1) is 0 Å². The van der Waals surface area contributed by atoms with Crippen LogP contribution in [-0.4, -0.2) is 30.0 Å². The number of carbonyl (C=O) groups is 1. The summed E-state index contributed by atoms with van der Waals surface area (Å²) in [5.74, 6) is 0.917. The lowest BCUT2D eigenvalue weighted by molar-refractivity contribution is -0.134. The lowest BCUT2D eigenvalue weighted by atomic mass is 10.2. The number of nitrogens with zero attached hydrogens (tertiary/aromatic N) is 1. The van der Waals surface area contributed by atoms with Gasteiger partial charge in [-0.25, -0.2) is 0 Å². The zero-order chi connectivity index (χ0) is 13.0. The number of hydrogen-bond donors (Lipinski definition) is 0. The zero-order valence-electron chi connectivity index (χ0n) is 11.2. The molecule has 1 unspecified atom stereocenters. The van der Waals surface area contributed by atoms with E-state index in [0.717, 1.165) is 37.1 Å². The quantitative estimate of drug-likeness (QED) is 0.818. The molecule has 1 atom stereocenters. The predicted molar refractivity (Wildman–Crippen MR) is 71.7 cm³/mol. The standard InChI is InChI=1S/C15H21NO2/c1-3-13-8-6-10-16(13)15(17)11-18-14-9-5-4-7-12(14)2/h4-5,7,9,13H,3,6,8,10-11H2,1-2H3. The third kappa shape index (κ3) is 2.84. The van der Waals surface area contributed by atoms with Crippen LogP contribution in [0.15, 0.2) is 24.3 Å². The molecule has 0 bridgehead atoms. The van der Waals surface area contributed by atoms with Gasteiger partial charge < -0.3 is 9.64 Å². The molecule has 1 amide bonds. The maximum Gasteiger partial charge on any atom is 0.260 e. The zero-order valence-corrected chi connectivity index (χ0v) is 11.2. The molecule has 1 aliphatic rings. The molecule has 0 saturated carbocycles. The Balaban J connectivity index is 1.90. The molecule has 1 aliphatic heterocycles. The molecular formula is C15H21NO2. The maximum absolute atomic E-state index is 12.1. The van der Waals surface area contributed by atoms with Crippen LogP contribution in [0.1, 0.15) is 31.7 Å². The Bertz CT molecular complexity index is 417. The van der Waals surface area contributed by atoms with Crippen LogP contribution in [0.2, 0.25) is 0 Å². The molecule has 98 valence electrons. The van der Waals surface area contributed by atoms with Crippen LogP contribution < -0.4 is 4.74 Å². The van der Waals surface area contributed by atoms with Gasteiger partial charge in [-0.1, -0.05) is 25.1 Å². The summed E-state index contributed by atoms with van der Waals surface area (Å²) in [5, 5.41) is 0. The van der Waals surface area contributed by atoms with E-state index >= 15 is 0 Å². The molecule has 3 nitrogen and oxygen atoms in total. The normalized spacial score (nSPS) is 19.0. The minimum atomic E-state index is 0.114. The van der Waals surface area contributed by atoms with Crippen molar-refractivity contribution in [3.63, 3.8) is 0 Å². The predicted octanol–water partition coefficient (Wildman–Crippen LogP) is 2.77. The highest BCUT2D eigenvalue weighted by molar-refractivity contribution is 5.78. The number of carbonyl (C=O) groups excluding carboxylic acids is 1. The van der Waals surface area contributed by atoms with E-state index in [2.05, 4.69) is 6.92 Å². The van der Waals surface area contributed by atoms with Crippen molar-refractivity contribution in [2.75, 3.05) is 13.2 Å². The largest absolute Gasteiger partial charge is 0.484 e. The molecule has 2 rings (SSSR count). The van der Waals surface area contributed by atoms with Crippen LogP contribution in [0.4, 0.5) is 0 Å². The van der Waals surface area contributed by atoms with Gasteiger partial charge in [0.15, 0.2) is 6.61 Å². The van der Waals surface area contributed by atoms with Crippen LogP contribution in [0.5, 0.6) is 5.75 Å². The number of aryl methyl sites for hydroxylation is 1. The number of ether oxygens (including phenoxy) is 1. The average Bonchev–Trinajstić information content (AvgIpc) is 2.86. The van der Waals surface area contributed by atoms with Crippen LogP contribution in [-0.2, 0) is 4.79 Å². The molecular weight excluding hydrogens is 226 g/mol. The Kier molecular flexibility index (Phi) is 4.24. The molecule has 3 heteroatoms. The summed E-state index contributed by atoms with van der Waals surface area (Å²) in [4.78, 5) is 14.1. The summed E-state index contributed by atoms with van der Waals surface area (Å²) >= 11 is 0. The van der Waals surface area contributed by atoms with Crippen LogP contribution in [0.3, 0.4) is 0 Å². The third-order valence-corrected chi connectivity index (χ3v) is 3.61. The molecule has 1 aromatic carbocycles. The minimum Gasteiger partial charge on any atom is -0.484 e. The van der Waals surface area contributed by atoms with E-state index in [4.69, 9.17) is 4.74 Å². The first-order chi connectivity index (χ1) is 8.72. The molecule has 1 saturated heterocycles. The summed E-state index contributed by atoms with van der Waals surface area (Å²) in [6.07, 6.45) is 3.29. The van der Waals surface area contributed by atoms with Crippen molar-refractivity contribution < 1.29 is 9.53 Å². The molecule has 0 N–H and O–H groups in total. The number of rotatable bonds is 4. The number of amides is 1. The molecule has 1 aromatic rings. The molecule has 0 aliphatic carbocycles. The fourth-order valence-corrected chi connectivity index (χ4v) is 2.53. The molecule has 1 fully saturated rings. The van der Waals surface area contributed by atoms with Crippen molar-refractivity contribution in [1.29, 1.82) is 0 Å². The van der Waals surface area contributed by atoms with Crippen molar-refractivity contribution in [2.45, 2.75) is 39.2 Å². The van der Waals surface area contributed by atoms with Gasteiger partial charge in [-0.2, -0.15) is 0 Å². The number of para-hydroxylation sites is 1. The van der Waals surface area contributed by atoms with Crippen LogP contribution in [0, 0.1) is 6.92 Å². The molecule has 0 radical (unpaired) electrons. The second-order valence-corrected chi connectivity index (χ2v) is 4.85. The highest BCUT2D eigenvalue weighted by Gasteiger charge is 2.27. The summed E-state index contributed by atoms with van der Waals surface area (Å²) in [6, 6.07) is 8.21. The SMILES string of the molecule is CCC1CCCN1C(=O)COc1ccccc1C. The van der Waals surface area contributed by atoms with E-state index < -0.39 is 0 Å². The first-order valence-corrected chi connectivity index (χ1v) is 6.70. The van der Waals surface area contributed by atoms with E-state index in [-0.39, 0.29) is 12.5 Å². The Morgan fingerprint density at radius 2 is 2.22 bits per heavy atom. The van der Waals surface area contributed by atoms with Gasteiger partial charge >= 0.3 is 0 Å². The Hall–Kier alpha value is -1.51. The van der Waals surface area contributed by atoms with Crippen molar-refractivity contribution in [1.82, 2.24) is 4.90 Å². The second kappa shape index (κ2) is 5.89. The fourth-order valence-electron chi connectivity index (χ4n) is 2.53. The first kappa shape index (κ1) is 12.9. The van der Waals surface area contributed by atoms with E-state index in [0.29, 0.717) is 6.04 Å². The number of hydrogen-bond acceptors (Lipinski definition) is 2. The van der Waals surface area contributed by atoms with Crippen molar-refractivity contribution in [2.24, 2.45) is 0 Å².